The van der Waals surface area contributed by atoms with Gasteiger partial charge in [0.1, 0.15) is 12.1 Å². The van der Waals surface area contributed by atoms with Gasteiger partial charge in [-0.1, -0.05) is 60.7 Å². The molecule has 14 nitrogen and oxygen atoms in total. The molecule has 4 rings (SSSR count). The first-order chi connectivity index (χ1) is 23.1. The SMILES string of the molecule is NC(N)=NCCC[C@H](N)C(=O)N[C@@H](Cc1c[nH]c2ccccc12)C(=O)N[C@@H](Cc1ccc(N=C(N)N)cc1)C(=O)NCc1ccccc1. The highest BCUT2D eigenvalue weighted by Gasteiger charge is 2.29. The maximum Gasteiger partial charge on any atom is 0.243 e. The fraction of sp³-hybridized carbons (Fsp3) is 0.265. The monoisotopic (exact) mass is 653 g/mol. The van der Waals surface area contributed by atoms with E-state index < -0.39 is 35.8 Å². The third-order valence-corrected chi connectivity index (χ3v) is 7.61. The average molecular weight is 654 g/mol. The van der Waals surface area contributed by atoms with Gasteiger partial charge in [-0.2, -0.15) is 0 Å². The summed E-state index contributed by atoms with van der Waals surface area (Å²) in [5.41, 5.74) is 31.8. The first-order valence-corrected chi connectivity index (χ1v) is 15.6. The van der Waals surface area contributed by atoms with E-state index in [-0.39, 0.29) is 31.3 Å². The van der Waals surface area contributed by atoms with Crippen LogP contribution in [0.4, 0.5) is 5.69 Å². The number of fused-ring (bicyclic) bond motifs is 1. The summed E-state index contributed by atoms with van der Waals surface area (Å²) in [5.74, 6) is -1.58. The summed E-state index contributed by atoms with van der Waals surface area (Å²) in [6.07, 6.45) is 2.87. The van der Waals surface area contributed by atoms with Crippen molar-refractivity contribution in [2.24, 2.45) is 38.7 Å². The van der Waals surface area contributed by atoms with E-state index in [1.54, 1.807) is 30.5 Å². The molecule has 1 heterocycles. The van der Waals surface area contributed by atoms with Crippen LogP contribution >= 0.6 is 0 Å². The zero-order valence-corrected chi connectivity index (χ0v) is 26.6. The summed E-state index contributed by atoms with van der Waals surface area (Å²) >= 11 is 0. The Morgan fingerprint density at radius 1 is 0.729 bits per heavy atom. The van der Waals surface area contributed by atoms with Gasteiger partial charge < -0.3 is 49.6 Å². The van der Waals surface area contributed by atoms with E-state index in [1.165, 1.54) is 0 Å². The third kappa shape index (κ3) is 10.6. The fourth-order valence-electron chi connectivity index (χ4n) is 5.14. The standard InChI is InChI=1S/C34H43N11O3/c35-26(10-6-16-40-33(36)37)30(46)44-29(18-23-20-41-27-11-5-4-9-25(23)27)32(48)45-28(31(47)42-19-22-7-2-1-3-8-22)17-21-12-14-24(15-13-21)43-34(38)39/h1-5,7-9,11-15,20,26,28-29,41H,6,10,16-19,35H2,(H,42,47)(H,44,46)(H,45,48)(H4,36,37,40)(H4,38,39,43)/t26-,28-,29-/m0/s1. The average Bonchev–Trinajstić information content (AvgIpc) is 3.48. The van der Waals surface area contributed by atoms with E-state index >= 15 is 0 Å². The lowest BCUT2D eigenvalue weighted by atomic mass is 10.0. The second kappa shape index (κ2) is 17.1. The molecule has 3 aromatic carbocycles. The van der Waals surface area contributed by atoms with Crippen molar-refractivity contribution in [3.8, 4) is 0 Å². The van der Waals surface area contributed by atoms with Gasteiger partial charge in [0.05, 0.1) is 11.7 Å². The van der Waals surface area contributed by atoms with Crippen LogP contribution in [0.2, 0.25) is 0 Å². The summed E-state index contributed by atoms with van der Waals surface area (Å²) in [6, 6.07) is 21.1. The van der Waals surface area contributed by atoms with E-state index in [0.717, 1.165) is 27.6 Å². The number of carbonyl (C=O) groups excluding carboxylic acids is 3. The van der Waals surface area contributed by atoms with Gasteiger partial charge in [-0.05, 0) is 47.7 Å². The number of hydrogen-bond acceptors (Lipinski definition) is 6. The van der Waals surface area contributed by atoms with Crippen molar-refractivity contribution in [2.75, 3.05) is 6.54 Å². The van der Waals surface area contributed by atoms with Crippen LogP contribution in [0.5, 0.6) is 0 Å². The second-order valence-corrected chi connectivity index (χ2v) is 11.4. The van der Waals surface area contributed by atoms with Gasteiger partial charge in [0.15, 0.2) is 11.9 Å². The highest BCUT2D eigenvalue weighted by atomic mass is 16.2. The van der Waals surface area contributed by atoms with Crippen molar-refractivity contribution in [1.29, 1.82) is 0 Å². The number of nitrogens with one attached hydrogen (secondary N) is 4. The Balaban J connectivity index is 1.55. The minimum Gasteiger partial charge on any atom is -0.370 e. The highest BCUT2D eigenvalue weighted by Crippen LogP contribution is 2.20. The molecule has 0 unspecified atom stereocenters. The van der Waals surface area contributed by atoms with E-state index in [0.29, 0.717) is 25.1 Å². The molecule has 0 saturated heterocycles. The molecular formula is C34H43N11O3. The summed E-state index contributed by atoms with van der Waals surface area (Å²) in [4.78, 5) is 52.0. The Hall–Kier alpha value is -5.89. The van der Waals surface area contributed by atoms with E-state index in [9.17, 15) is 14.4 Å². The second-order valence-electron chi connectivity index (χ2n) is 11.4. The molecule has 0 aliphatic carbocycles. The summed E-state index contributed by atoms with van der Waals surface area (Å²) in [6.45, 7) is 0.578. The lowest BCUT2D eigenvalue weighted by Crippen LogP contribution is -2.56. The number of aromatic nitrogens is 1. The Labute approximate surface area is 278 Å². The largest absolute Gasteiger partial charge is 0.370 e. The predicted molar refractivity (Wildman–Crippen MR) is 188 cm³/mol. The maximum atomic E-state index is 14.0. The number of para-hydroxylation sites is 1. The van der Waals surface area contributed by atoms with Crippen LogP contribution in [0.15, 0.2) is 95.0 Å². The molecule has 0 bridgehead atoms. The molecule has 14 N–H and O–H groups in total. The molecule has 0 aliphatic rings. The number of rotatable bonds is 16. The van der Waals surface area contributed by atoms with Crippen molar-refractivity contribution in [3.63, 3.8) is 0 Å². The van der Waals surface area contributed by atoms with Crippen molar-refractivity contribution < 1.29 is 14.4 Å². The molecule has 14 heteroatoms. The number of aromatic amines is 1. The Morgan fingerprint density at radius 3 is 2.10 bits per heavy atom. The minimum absolute atomic E-state index is 0.0458. The van der Waals surface area contributed by atoms with Crippen LogP contribution in [-0.4, -0.2) is 59.3 Å². The number of carbonyl (C=O) groups is 3. The molecule has 1 aromatic heterocycles. The third-order valence-electron chi connectivity index (χ3n) is 7.61. The number of guanidine groups is 2. The Morgan fingerprint density at radius 2 is 1.40 bits per heavy atom. The van der Waals surface area contributed by atoms with Crippen molar-refractivity contribution in [3.05, 3.63) is 102 Å². The van der Waals surface area contributed by atoms with Gasteiger partial charge >= 0.3 is 0 Å². The van der Waals surface area contributed by atoms with E-state index in [1.807, 2.05) is 54.6 Å². The van der Waals surface area contributed by atoms with Crippen LogP contribution in [-0.2, 0) is 33.8 Å². The number of benzene rings is 3. The highest BCUT2D eigenvalue weighted by molar-refractivity contribution is 5.94. The number of amides is 3. The lowest BCUT2D eigenvalue weighted by molar-refractivity contribution is -0.132. The first-order valence-electron chi connectivity index (χ1n) is 15.6. The zero-order valence-electron chi connectivity index (χ0n) is 26.6. The minimum atomic E-state index is -1.05. The van der Waals surface area contributed by atoms with E-state index in [2.05, 4.69) is 30.9 Å². The maximum absolute atomic E-state index is 14.0. The zero-order chi connectivity index (χ0) is 34.5. The van der Waals surface area contributed by atoms with Gasteiger partial charge in [0, 0.05) is 43.0 Å². The van der Waals surface area contributed by atoms with Crippen molar-refractivity contribution >= 4 is 46.2 Å². The molecule has 0 radical (unpaired) electrons. The summed E-state index contributed by atoms with van der Waals surface area (Å²) in [5, 5.41) is 9.53. The van der Waals surface area contributed by atoms with Crippen LogP contribution in [0.3, 0.4) is 0 Å². The molecule has 252 valence electrons. The number of H-pyrrole nitrogens is 1. The Bertz CT molecular complexity index is 1730. The van der Waals surface area contributed by atoms with Crippen LogP contribution in [0.25, 0.3) is 10.9 Å². The van der Waals surface area contributed by atoms with Gasteiger partial charge in [-0.25, -0.2) is 4.99 Å². The molecule has 48 heavy (non-hydrogen) atoms. The molecule has 0 aliphatic heterocycles. The van der Waals surface area contributed by atoms with Crippen LogP contribution < -0.4 is 44.6 Å². The normalized spacial score (nSPS) is 12.7. The van der Waals surface area contributed by atoms with Crippen LogP contribution in [0, 0.1) is 0 Å². The summed E-state index contributed by atoms with van der Waals surface area (Å²) in [7, 11) is 0. The number of hydrogen-bond donors (Lipinski definition) is 9. The van der Waals surface area contributed by atoms with Gasteiger partial charge in [0.25, 0.3) is 0 Å². The van der Waals surface area contributed by atoms with Crippen molar-refractivity contribution in [1.82, 2.24) is 20.9 Å². The van der Waals surface area contributed by atoms with E-state index in [4.69, 9.17) is 28.7 Å². The number of nitrogens with zero attached hydrogens (tertiary/aromatic N) is 2. The molecular weight excluding hydrogens is 610 g/mol. The molecule has 3 amide bonds. The first kappa shape index (κ1) is 35.0. The fourth-order valence-corrected chi connectivity index (χ4v) is 5.14. The van der Waals surface area contributed by atoms with Crippen molar-refractivity contribution in [2.45, 2.75) is 50.4 Å². The molecule has 0 fully saturated rings. The topological polar surface area (TPSA) is 258 Å². The number of nitrogens with two attached hydrogens (primary N) is 5. The quantitative estimate of drug-likeness (QED) is 0.0467. The summed E-state index contributed by atoms with van der Waals surface area (Å²) < 4.78 is 0. The smallest absolute Gasteiger partial charge is 0.243 e. The molecule has 0 spiro atoms. The predicted octanol–water partition coefficient (Wildman–Crippen LogP) is 0.525. The van der Waals surface area contributed by atoms with Gasteiger partial charge in [-0.3, -0.25) is 19.4 Å². The number of aliphatic imine (C=N–C) groups is 2. The Kier molecular flexibility index (Phi) is 12.5. The van der Waals surface area contributed by atoms with Gasteiger partial charge in [-0.15, -0.1) is 0 Å². The van der Waals surface area contributed by atoms with Gasteiger partial charge in [0.2, 0.25) is 17.7 Å². The van der Waals surface area contributed by atoms with Crippen LogP contribution in [0.1, 0.15) is 29.5 Å². The molecule has 4 aromatic rings. The molecule has 3 atom stereocenters. The molecule has 0 saturated carbocycles. The lowest BCUT2D eigenvalue weighted by Gasteiger charge is -2.24.